The molecule has 0 aliphatic heterocycles. The van der Waals surface area contributed by atoms with Crippen molar-refractivity contribution in [2.75, 3.05) is 6.61 Å². The molecular formula is C13H8Br3N3O4S. The Morgan fingerprint density at radius 1 is 1.33 bits per heavy atom. The Kier molecular flexibility index (Phi) is 6.90. The van der Waals surface area contributed by atoms with Gasteiger partial charge < -0.3 is 4.74 Å². The number of nitro groups is 1. The van der Waals surface area contributed by atoms with Gasteiger partial charge in [-0.25, -0.2) is 5.43 Å². The Morgan fingerprint density at radius 3 is 2.58 bits per heavy atom. The third-order valence-corrected chi connectivity index (χ3v) is 5.09. The maximum Gasteiger partial charge on any atom is 0.324 e. The molecule has 0 aliphatic rings. The van der Waals surface area contributed by atoms with Crippen LogP contribution in [0.2, 0.25) is 0 Å². The predicted molar refractivity (Wildman–Crippen MR) is 102 cm³/mol. The normalized spacial score (nSPS) is 10.8. The van der Waals surface area contributed by atoms with Crippen LogP contribution in [0.5, 0.6) is 5.75 Å². The van der Waals surface area contributed by atoms with Crippen LogP contribution >= 0.6 is 59.1 Å². The van der Waals surface area contributed by atoms with E-state index in [1.54, 1.807) is 18.2 Å². The van der Waals surface area contributed by atoms with Crippen LogP contribution in [0.1, 0.15) is 4.88 Å². The number of thiophene rings is 1. The number of carbonyl (C=O) groups is 1. The van der Waals surface area contributed by atoms with E-state index in [1.807, 2.05) is 0 Å². The first kappa shape index (κ1) is 19.0. The molecule has 0 atom stereocenters. The number of nitrogens with one attached hydrogen (secondary N) is 1. The first-order valence-corrected chi connectivity index (χ1v) is 9.40. The monoisotopic (exact) mass is 539 g/mol. The summed E-state index contributed by atoms with van der Waals surface area (Å²) >= 11 is 11.0. The summed E-state index contributed by atoms with van der Waals surface area (Å²) in [6.45, 7) is -0.235. The molecular weight excluding hydrogens is 534 g/mol. The van der Waals surface area contributed by atoms with Crippen molar-refractivity contribution >= 4 is 76.2 Å². The molecule has 126 valence electrons. The van der Waals surface area contributed by atoms with E-state index < -0.39 is 10.8 Å². The lowest BCUT2D eigenvalue weighted by Gasteiger charge is -2.09. The average Bonchev–Trinajstić information content (AvgIpc) is 2.95. The van der Waals surface area contributed by atoms with E-state index in [-0.39, 0.29) is 11.6 Å². The number of nitrogens with zero attached hydrogens (tertiary/aromatic N) is 2. The third kappa shape index (κ3) is 5.36. The lowest BCUT2D eigenvalue weighted by Crippen LogP contribution is -2.24. The van der Waals surface area contributed by atoms with Crippen LogP contribution < -0.4 is 10.2 Å². The molecule has 0 spiro atoms. The minimum Gasteiger partial charge on any atom is -0.481 e. The van der Waals surface area contributed by atoms with Crippen LogP contribution in [0.15, 0.2) is 42.8 Å². The zero-order valence-electron chi connectivity index (χ0n) is 11.7. The van der Waals surface area contributed by atoms with E-state index in [0.29, 0.717) is 19.6 Å². The number of carbonyl (C=O) groups excluding carboxylic acids is 1. The molecule has 1 aromatic heterocycles. The van der Waals surface area contributed by atoms with E-state index in [2.05, 4.69) is 58.3 Å². The zero-order valence-corrected chi connectivity index (χ0v) is 17.2. The largest absolute Gasteiger partial charge is 0.481 e. The van der Waals surface area contributed by atoms with E-state index in [9.17, 15) is 14.9 Å². The van der Waals surface area contributed by atoms with Crippen molar-refractivity contribution in [3.8, 4) is 5.75 Å². The molecule has 24 heavy (non-hydrogen) atoms. The number of halogens is 3. The van der Waals surface area contributed by atoms with Gasteiger partial charge >= 0.3 is 5.00 Å². The molecule has 0 bridgehead atoms. The number of rotatable bonds is 6. The first-order chi connectivity index (χ1) is 11.4. The quantitative estimate of drug-likeness (QED) is 0.332. The van der Waals surface area contributed by atoms with Crippen molar-refractivity contribution in [2.24, 2.45) is 5.10 Å². The molecule has 1 amide bonds. The van der Waals surface area contributed by atoms with Gasteiger partial charge in [0, 0.05) is 10.5 Å². The van der Waals surface area contributed by atoms with Crippen LogP contribution in [-0.2, 0) is 4.79 Å². The SMILES string of the molecule is O=C(COc1c(Br)cc(Br)cc1Br)NN=Cc1ccc([N+](=O)[O-])s1. The average molecular weight is 542 g/mol. The summed E-state index contributed by atoms with van der Waals surface area (Å²) in [6.07, 6.45) is 1.33. The molecule has 2 rings (SSSR count). The maximum atomic E-state index is 11.7. The Morgan fingerprint density at radius 2 is 2.00 bits per heavy atom. The van der Waals surface area contributed by atoms with Crippen molar-refractivity contribution < 1.29 is 14.5 Å². The highest BCUT2D eigenvalue weighted by Gasteiger charge is 2.11. The molecule has 1 heterocycles. The second-order valence-corrected chi connectivity index (χ2v) is 7.93. The van der Waals surface area contributed by atoms with Crippen LogP contribution in [0.25, 0.3) is 0 Å². The Balaban J connectivity index is 1.87. The van der Waals surface area contributed by atoms with Gasteiger partial charge in [-0.1, -0.05) is 27.3 Å². The molecule has 0 aliphatic carbocycles. The number of hydrogen-bond donors (Lipinski definition) is 1. The fourth-order valence-corrected chi connectivity index (χ4v) is 4.70. The smallest absolute Gasteiger partial charge is 0.324 e. The molecule has 0 saturated heterocycles. The standard InChI is InChI=1S/C13H8Br3N3O4S/c14-7-3-9(15)13(10(16)4-7)23-6-11(20)18-17-5-8-1-2-12(24-8)19(21)22/h1-5H,6H2,(H,18,20). The second-order valence-electron chi connectivity index (χ2n) is 4.21. The Bertz CT molecular complexity index is 787. The third-order valence-electron chi connectivity index (χ3n) is 2.48. The highest BCUT2D eigenvalue weighted by atomic mass is 79.9. The van der Waals surface area contributed by atoms with Gasteiger partial charge in [-0.2, -0.15) is 5.10 Å². The van der Waals surface area contributed by atoms with Crippen molar-refractivity contribution in [3.63, 3.8) is 0 Å². The van der Waals surface area contributed by atoms with E-state index in [4.69, 9.17) is 4.74 Å². The van der Waals surface area contributed by atoms with Crippen molar-refractivity contribution in [3.05, 3.63) is 52.7 Å². The molecule has 2 aromatic rings. The van der Waals surface area contributed by atoms with Crippen molar-refractivity contribution in [2.45, 2.75) is 0 Å². The molecule has 0 fully saturated rings. The first-order valence-electron chi connectivity index (χ1n) is 6.20. The molecule has 11 heteroatoms. The van der Waals surface area contributed by atoms with Crippen molar-refractivity contribution in [1.82, 2.24) is 5.43 Å². The van der Waals surface area contributed by atoms with Gasteiger partial charge in [0.25, 0.3) is 5.91 Å². The van der Waals surface area contributed by atoms with E-state index in [1.165, 1.54) is 12.3 Å². The van der Waals surface area contributed by atoms with Gasteiger partial charge in [-0.15, -0.1) is 0 Å². The van der Waals surface area contributed by atoms with Gasteiger partial charge in [-0.05, 0) is 50.1 Å². The maximum absolute atomic E-state index is 11.7. The van der Waals surface area contributed by atoms with Crippen LogP contribution in [0, 0.1) is 10.1 Å². The minimum absolute atomic E-state index is 0.0102. The Hall–Kier alpha value is -1.30. The number of ether oxygens (including phenoxy) is 1. The van der Waals surface area contributed by atoms with E-state index in [0.717, 1.165) is 15.8 Å². The fourth-order valence-electron chi connectivity index (χ4n) is 1.51. The second kappa shape index (κ2) is 8.70. The lowest BCUT2D eigenvalue weighted by atomic mass is 10.3. The van der Waals surface area contributed by atoms with Gasteiger partial charge in [0.15, 0.2) is 6.61 Å². The molecule has 1 N–H and O–H groups in total. The summed E-state index contributed by atoms with van der Waals surface area (Å²) in [4.78, 5) is 22.4. The lowest BCUT2D eigenvalue weighted by molar-refractivity contribution is -0.380. The molecule has 0 saturated carbocycles. The van der Waals surface area contributed by atoms with Crippen molar-refractivity contribution in [1.29, 1.82) is 0 Å². The number of hydrazone groups is 1. The zero-order chi connectivity index (χ0) is 17.7. The number of amides is 1. The van der Waals surface area contributed by atoms with Gasteiger partial charge in [0.2, 0.25) is 0 Å². The summed E-state index contributed by atoms with van der Waals surface area (Å²) in [5.41, 5.74) is 2.29. The highest BCUT2D eigenvalue weighted by molar-refractivity contribution is 9.11. The number of hydrogen-bond acceptors (Lipinski definition) is 6. The fraction of sp³-hybridized carbons (Fsp3) is 0.0769. The highest BCUT2D eigenvalue weighted by Crippen LogP contribution is 2.36. The van der Waals surface area contributed by atoms with Gasteiger partial charge in [-0.3, -0.25) is 14.9 Å². The summed E-state index contributed by atoms with van der Waals surface area (Å²) in [5.74, 6) is 0.0326. The predicted octanol–water partition coefficient (Wildman–Crippen LogP) is 4.47. The van der Waals surface area contributed by atoms with Gasteiger partial charge in [0.05, 0.1) is 25.0 Å². The van der Waals surface area contributed by atoms with Gasteiger partial charge in [0.1, 0.15) is 5.75 Å². The molecule has 0 unspecified atom stereocenters. The summed E-state index contributed by atoms with van der Waals surface area (Å²) in [7, 11) is 0. The van der Waals surface area contributed by atoms with Crippen LogP contribution in [0.3, 0.4) is 0 Å². The molecule has 7 nitrogen and oxygen atoms in total. The summed E-state index contributed by atoms with van der Waals surface area (Å²) < 4.78 is 7.66. The van der Waals surface area contributed by atoms with Crippen LogP contribution in [-0.4, -0.2) is 23.7 Å². The topological polar surface area (TPSA) is 93.8 Å². The van der Waals surface area contributed by atoms with E-state index >= 15 is 0 Å². The molecule has 0 radical (unpaired) electrons. The molecule has 1 aromatic carbocycles. The Labute approximate surface area is 165 Å². The number of benzene rings is 1. The van der Waals surface area contributed by atoms with Crippen LogP contribution in [0.4, 0.5) is 5.00 Å². The minimum atomic E-state index is -0.484. The summed E-state index contributed by atoms with van der Waals surface area (Å²) in [5, 5.41) is 14.3. The summed E-state index contributed by atoms with van der Waals surface area (Å²) in [6, 6.07) is 6.50.